The van der Waals surface area contributed by atoms with Crippen LogP contribution in [-0.2, 0) is 9.53 Å². The summed E-state index contributed by atoms with van der Waals surface area (Å²) in [6.07, 6.45) is 1.74. The first kappa shape index (κ1) is 28.3. The van der Waals surface area contributed by atoms with E-state index in [1.165, 1.54) is 7.11 Å². The number of anilines is 2. The molecule has 9 nitrogen and oxygen atoms in total. The monoisotopic (exact) mass is 589 g/mol. The highest BCUT2D eigenvalue weighted by Gasteiger charge is 2.42. The molecule has 3 heterocycles. The Morgan fingerprint density at radius 2 is 1.88 bits per heavy atom. The van der Waals surface area contributed by atoms with Crippen LogP contribution in [0.5, 0.6) is 0 Å². The second-order valence-corrected chi connectivity index (χ2v) is 10.4. The fourth-order valence-corrected chi connectivity index (χ4v) is 5.90. The fraction of sp³-hybridized carbons (Fsp3) is 0.200. The maximum absolute atomic E-state index is 12.1. The number of carbonyl (C=O) groups is 2. The molecule has 210 valence electrons. The summed E-state index contributed by atoms with van der Waals surface area (Å²) in [5.74, 6) is -1.32. The Kier molecular flexibility index (Phi) is 8.07. The molecule has 0 unspecified atom stereocenters. The van der Waals surface area contributed by atoms with Crippen LogP contribution in [0.4, 0.5) is 11.4 Å². The van der Waals surface area contributed by atoms with Crippen molar-refractivity contribution in [2.24, 2.45) is 0 Å². The van der Waals surface area contributed by atoms with Crippen molar-refractivity contribution in [2.75, 3.05) is 23.9 Å². The maximum Gasteiger partial charge on any atom is 0.337 e. The average molecular weight is 590 g/mol. The number of pyridine rings is 1. The number of carboxylic acids is 1. The van der Waals surface area contributed by atoms with Gasteiger partial charge in [0.1, 0.15) is 6.61 Å². The second kappa shape index (κ2) is 11.7. The number of rotatable bonds is 8. The van der Waals surface area contributed by atoms with E-state index in [0.29, 0.717) is 21.5 Å². The number of thiocarbonyl (C=S) groups is 1. The Balaban J connectivity index is 1.63. The summed E-state index contributed by atoms with van der Waals surface area (Å²) in [6.45, 7) is 3.83. The molecule has 2 aromatic carbocycles. The topological polar surface area (TPSA) is 109 Å². The van der Waals surface area contributed by atoms with Crippen molar-refractivity contribution in [3.05, 3.63) is 106 Å². The van der Waals surface area contributed by atoms with Crippen LogP contribution in [0.2, 0.25) is 5.02 Å². The van der Waals surface area contributed by atoms with Gasteiger partial charge in [-0.1, -0.05) is 29.8 Å². The molecule has 1 aliphatic heterocycles. The minimum Gasteiger partial charge on any atom is -0.478 e. The molecule has 2 atom stereocenters. The lowest BCUT2D eigenvalue weighted by Crippen LogP contribution is -2.29. The number of aryl methyl sites for hydroxylation is 1. The first-order chi connectivity index (χ1) is 19.7. The molecule has 0 bridgehead atoms. The van der Waals surface area contributed by atoms with Gasteiger partial charge in [0.2, 0.25) is 5.91 Å². The molecule has 1 fully saturated rings. The zero-order valence-electron chi connectivity index (χ0n) is 22.6. The van der Waals surface area contributed by atoms with E-state index in [4.69, 9.17) is 28.6 Å². The van der Waals surface area contributed by atoms with Crippen molar-refractivity contribution in [3.8, 4) is 5.69 Å². The van der Waals surface area contributed by atoms with Gasteiger partial charge >= 0.3 is 5.97 Å². The van der Waals surface area contributed by atoms with Gasteiger partial charge < -0.3 is 29.9 Å². The molecule has 1 amide bonds. The second-order valence-electron chi connectivity index (χ2n) is 9.63. The van der Waals surface area contributed by atoms with Crippen LogP contribution >= 0.6 is 23.8 Å². The fourth-order valence-electron chi connectivity index (χ4n) is 5.33. The SMILES string of the molecule is COCC(=O)Nc1ccc(N2C(=S)N[C@@H](c3ccccn3)[C@@H]2c2cc(C)n(-c3ccccc3C(=O)O)c2C)cc1Cl. The number of para-hydroxylation sites is 1. The summed E-state index contributed by atoms with van der Waals surface area (Å²) in [5, 5.41) is 16.9. The van der Waals surface area contributed by atoms with E-state index < -0.39 is 5.97 Å². The zero-order valence-corrected chi connectivity index (χ0v) is 24.2. The van der Waals surface area contributed by atoms with Gasteiger partial charge in [0.05, 0.1) is 39.7 Å². The lowest BCUT2D eigenvalue weighted by Gasteiger charge is -2.28. The average Bonchev–Trinajstić information content (AvgIpc) is 3.45. The number of carbonyl (C=O) groups excluding carboxylic acids is 1. The molecule has 2 aromatic heterocycles. The Hall–Kier alpha value is -4.25. The number of hydrogen-bond donors (Lipinski definition) is 3. The highest BCUT2D eigenvalue weighted by molar-refractivity contribution is 7.80. The van der Waals surface area contributed by atoms with E-state index in [1.807, 2.05) is 53.6 Å². The minimum atomic E-state index is -1.00. The maximum atomic E-state index is 12.1. The van der Waals surface area contributed by atoms with E-state index in [-0.39, 0.29) is 30.2 Å². The molecular weight excluding hydrogens is 562 g/mol. The third-order valence-electron chi connectivity index (χ3n) is 7.04. The van der Waals surface area contributed by atoms with Gasteiger partial charge in [-0.2, -0.15) is 0 Å². The van der Waals surface area contributed by atoms with Crippen LogP contribution in [0.15, 0.2) is 72.9 Å². The molecule has 5 rings (SSSR count). The van der Waals surface area contributed by atoms with Crippen LogP contribution in [0.1, 0.15) is 45.1 Å². The van der Waals surface area contributed by atoms with Crippen LogP contribution in [-0.4, -0.2) is 45.4 Å². The lowest BCUT2D eigenvalue weighted by molar-refractivity contribution is -0.119. The highest BCUT2D eigenvalue weighted by atomic mass is 35.5. The summed E-state index contributed by atoms with van der Waals surface area (Å²) in [7, 11) is 1.45. The first-order valence-electron chi connectivity index (χ1n) is 12.8. The quantitative estimate of drug-likeness (QED) is 0.228. The van der Waals surface area contributed by atoms with E-state index in [1.54, 1.807) is 36.5 Å². The first-order valence-corrected chi connectivity index (χ1v) is 13.6. The van der Waals surface area contributed by atoms with Crippen molar-refractivity contribution in [3.63, 3.8) is 0 Å². The number of aromatic nitrogens is 2. The number of ether oxygens (including phenoxy) is 1. The number of amides is 1. The zero-order chi connectivity index (χ0) is 29.3. The number of nitrogens with one attached hydrogen (secondary N) is 2. The summed E-state index contributed by atoms with van der Waals surface area (Å²) in [5.41, 5.74) is 5.44. The molecule has 4 aromatic rings. The third-order valence-corrected chi connectivity index (χ3v) is 7.67. The van der Waals surface area contributed by atoms with Gasteiger partial charge in [0.15, 0.2) is 5.11 Å². The predicted octanol–water partition coefficient (Wildman–Crippen LogP) is 5.60. The summed E-state index contributed by atoms with van der Waals surface area (Å²) < 4.78 is 6.85. The van der Waals surface area contributed by atoms with Crippen LogP contribution in [0, 0.1) is 13.8 Å². The van der Waals surface area contributed by atoms with Gasteiger partial charge in [0.25, 0.3) is 0 Å². The molecular formula is C30H28ClN5O4S. The predicted molar refractivity (Wildman–Crippen MR) is 162 cm³/mol. The van der Waals surface area contributed by atoms with Gasteiger partial charge in [-0.25, -0.2) is 4.79 Å². The number of methoxy groups -OCH3 is 1. The van der Waals surface area contributed by atoms with E-state index in [2.05, 4.69) is 21.7 Å². The molecule has 41 heavy (non-hydrogen) atoms. The van der Waals surface area contributed by atoms with Gasteiger partial charge in [0, 0.05) is 30.4 Å². The number of aromatic carboxylic acids is 1. The molecule has 11 heteroatoms. The summed E-state index contributed by atoms with van der Waals surface area (Å²) >= 11 is 12.5. The molecule has 1 saturated heterocycles. The van der Waals surface area contributed by atoms with Gasteiger partial charge in [-0.05, 0) is 80.2 Å². The molecule has 0 aliphatic carbocycles. The molecule has 0 spiro atoms. The van der Waals surface area contributed by atoms with E-state index in [0.717, 1.165) is 28.3 Å². The van der Waals surface area contributed by atoms with Crippen molar-refractivity contribution in [1.29, 1.82) is 0 Å². The normalized spacial score (nSPS) is 16.5. The van der Waals surface area contributed by atoms with E-state index >= 15 is 0 Å². The summed E-state index contributed by atoms with van der Waals surface area (Å²) in [6, 6.07) is 19.4. The molecule has 0 radical (unpaired) electrons. The number of carboxylic acid groups (broad SMARTS) is 1. The van der Waals surface area contributed by atoms with E-state index in [9.17, 15) is 14.7 Å². The Morgan fingerprint density at radius 1 is 1.12 bits per heavy atom. The van der Waals surface area contributed by atoms with Crippen molar-refractivity contribution in [1.82, 2.24) is 14.9 Å². The van der Waals surface area contributed by atoms with Gasteiger partial charge in [-0.3, -0.25) is 9.78 Å². The number of halogens is 1. The molecule has 0 saturated carbocycles. The number of nitrogens with zero attached hydrogens (tertiary/aromatic N) is 3. The van der Waals surface area contributed by atoms with Gasteiger partial charge in [-0.15, -0.1) is 0 Å². The Bertz CT molecular complexity index is 1640. The standard InChI is InChI=1S/C30H28ClN5O4S/c1-17-14-21(18(2)35(17)25-10-5-4-8-20(25)29(38)39)28-27(24-9-6-7-13-32-24)34-30(41)36(28)19-11-12-23(22(31)15-19)33-26(37)16-40-3/h4-15,27-28H,16H2,1-3H3,(H,33,37)(H,34,41)(H,38,39)/t27-,28-/m0/s1. The highest BCUT2D eigenvalue weighted by Crippen LogP contribution is 2.45. The minimum absolute atomic E-state index is 0.0906. The smallest absolute Gasteiger partial charge is 0.337 e. The molecule has 1 aliphatic rings. The number of hydrogen-bond acceptors (Lipinski definition) is 5. The van der Waals surface area contributed by atoms with Crippen LogP contribution in [0.3, 0.4) is 0 Å². The van der Waals surface area contributed by atoms with Crippen molar-refractivity contribution in [2.45, 2.75) is 25.9 Å². The van der Waals surface area contributed by atoms with Crippen molar-refractivity contribution >= 4 is 52.2 Å². The molecule has 3 N–H and O–H groups in total. The number of benzene rings is 2. The third kappa shape index (κ3) is 5.41. The summed E-state index contributed by atoms with van der Waals surface area (Å²) in [4.78, 5) is 30.7. The largest absolute Gasteiger partial charge is 0.478 e. The van der Waals surface area contributed by atoms with Crippen LogP contribution < -0.4 is 15.5 Å². The van der Waals surface area contributed by atoms with Crippen molar-refractivity contribution < 1.29 is 19.4 Å². The van der Waals surface area contributed by atoms with Crippen LogP contribution in [0.25, 0.3) is 5.69 Å². The Labute approximate surface area is 247 Å². The Morgan fingerprint density at radius 3 is 2.56 bits per heavy atom. The lowest BCUT2D eigenvalue weighted by atomic mass is 9.96.